The second kappa shape index (κ2) is 8.65. The summed E-state index contributed by atoms with van der Waals surface area (Å²) in [6, 6.07) is 4.47. The molecule has 2 aliphatic rings. The molecule has 3 rings (SSSR count). The van der Waals surface area contributed by atoms with Crippen molar-refractivity contribution in [3.05, 3.63) is 34.6 Å². The topological polar surface area (TPSA) is 67.6 Å². The van der Waals surface area contributed by atoms with Crippen LogP contribution in [-0.2, 0) is 9.53 Å². The zero-order valence-electron chi connectivity index (χ0n) is 15.1. The van der Waals surface area contributed by atoms with Gasteiger partial charge in [0.2, 0.25) is 5.91 Å². The largest absolute Gasteiger partial charge is 0.376 e. The molecule has 3 N–H and O–H groups in total. The fraction of sp³-hybridized carbons (Fsp3) is 0.632. The van der Waals surface area contributed by atoms with Crippen molar-refractivity contribution >= 4 is 17.5 Å². The van der Waals surface area contributed by atoms with Gasteiger partial charge in [0, 0.05) is 42.2 Å². The van der Waals surface area contributed by atoms with Crippen LogP contribution in [-0.4, -0.2) is 49.2 Å². The second-order valence-electron chi connectivity index (χ2n) is 7.34. The van der Waals surface area contributed by atoms with Crippen molar-refractivity contribution < 1.29 is 13.9 Å². The van der Waals surface area contributed by atoms with Crippen molar-refractivity contribution in [3.63, 3.8) is 0 Å². The fourth-order valence-electron chi connectivity index (χ4n) is 3.97. The van der Waals surface area contributed by atoms with Gasteiger partial charge in [0.05, 0.1) is 18.8 Å². The van der Waals surface area contributed by atoms with Gasteiger partial charge in [-0.1, -0.05) is 17.7 Å². The number of rotatable bonds is 5. The molecule has 1 saturated heterocycles. The van der Waals surface area contributed by atoms with Crippen LogP contribution in [0.2, 0.25) is 5.02 Å². The number of nitrogens with one attached hydrogen (secondary N) is 1. The van der Waals surface area contributed by atoms with Gasteiger partial charge in [0.25, 0.3) is 0 Å². The van der Waals surface area contributed by atoms with E-state index < -0.39 is 0 Å². The highest BCUT2D eigenvalue weighted by Crippen LogP contribution is 2.31. The number of carbonyl (C=O) groups excluding carboxylic acids is 1. The van der Waals surface area contributed by atoms with E-state index in [1.807, 2.05) is 6.92 Å². The maximum atomic E-state index is 14.6. The van der Waals surface area contributed by atoms with E-state index in [9.17, 15) is 9.18 Å². The van der Waals surface area contributed by atoms with Crippen molar-refractivity contribution in [2.75, 3.05) is 26.2 Å². The number of nitrogens with zero attached hydrogens (tertiary/aromatic N) is 1. The van der Waals surface area contributed by atoms with Crippen molar-refractivity contribution in [2.45, 2.75) is 44.4 Å². The molecule has 0 bridgehead atoms. The minimum absolute atomic E-state index is 0.00304. The minimum atomic E-state index is -0.348. The van der Waals surface area contributed by atoms with Crippen LogP contribution in [0.25, 0.3) is 0 Å². The average Bonchev–Trinajstić information content (AvgIpc) is 3.03. The Morgan fingerprint density at radius 1 is 1.50 bits per heavy atom. The normalized spacial score (nSPS) is 28.1. The van der Waals surface area contributed by atoms with Crippen LogP contribution in [0.4, 0.5) is 4.39 Å². The van der Waals surface area contributed by atoms with Gasteiger partial charge in [0.15, 0.2) is 0 Å². The first-order valence-electron chi connectivity index (χ1n) is 9.28. The summed E-state index contributed by atoms with van der Waals surface area (Å²) in [6.45, 7) is 4.22. The van der Waals surface area contributed by atoms with Crippen LogP contribution in [0, 0.1) is 11.7 Å². The molecule has 1 aromatic rings. The Balaban J connectivity index is 1.76. The van der Waals surface area contributed by atoms with E-state index in [1.54, 1.807) is 12.1 Å². The summed E-state index contributed by atoms with van der Waals surface area (Å²) >= 11 is 6.31. The van der Waals surface area contributed by atoms with Crippen LogP contribution in [0.3, 0.4) is 0 Å². The van der Waals surface area contributed by atoms with Crippen LogP contribution in [0.5, 0.6) is 0 Å². The molecule has 1 aromatic carbocycles. The Labute approximate surface area is 159 Å². The molecule has 0 radical (unpaired) electrons. The highest BCUT2D eigenvalue weighted by atomic mass is 35.5. The molecule has 0 unspecified atom stereocenters. The molecule has 2 fully saturated rings. The van der Waals surface area contributed by atoms with E-state index in [0.717, 1.165) is 12.8 Å². The third-order valence-electron chi connectivity index (χ3n) is 5.36. The molecule has 1 heterocycles. The molecule has 1 saturated carbocycles. The van der Waals surface area contributed by atoms with Crippen LogP contribution in [0.1, 0.15) is 37.8 Å². The Morgan fingerprint density at radius 3 is 2.96 bits per heavy atom. The van der Waals surface area contributed by atoms with Gasteiger partial charge in [-0.15, -0.1) is 0 Å². The number of morpholine rings is 1. The number of hydrogen-bond acceptors (Lipinski definition) is 4. The number of ether oxygens (including phenoxy) is 1. The summed E-state index contributed by atoms with van der Waals surface area (Å²) in [5, 5.41) is 3.39. The predicted molar refractivity (Wildman–Crippen MR) is 99.5 cm³/mol. The van der Waals surface area contributed by atoms with Gasteiger partial charge in [-0.2, -0.15) is 0 Å². The molecule has 1 aliphatic heterocycles. The number of nitrogens with two attached hydrogens (primary N) is 1. The second-order valence-corrected chi connectivity index (χ2v) is 7.75. The van der Waals surface area contributed by atoms with E-state index in [2.05, 4.69) is 10.2 Å². The molecule has 7 heteroatoms. The van der Waals surface area contributed by atoms with Crippen molar-refractivity contribution in [2.24, 2.45) is 11.7 Å². The molecule has 0 aromatic heterocycles. The molecule has 4 atom stereocenters. The summed E-state index contributed by atoms with van der Waals surface area (Å²) < 4.78 is 20.2. The summed E-state index contributed by atoms with van der Waals surface area (Å²) in [7, 11) is 0. The third-order valence-corrected chi connectivity index (χ3v) is 5.69. The lowest BCUT2D eigenvalue weighted by Crippen LogP contribution is -2.47. The zero-order chi connectivity index (χ0) is 18.7. The molecule has 26 heavy (non-hydrogen) atoms. The van der Waals surface area contributed by atoms with Crippen LogP contribution in [0.15, 0.2) is 18.2 Å². The molecule has 5 nitrogen and oxygen atoms in total. The Hall–Kier alpha value is -1.21. The first-order valence-corrected chi connectivity index (χ1v) is 9.66. The van der Waals surface area contributed by atoms with E-state index in [-0.39, 0.29) is 35.8 Å². The van der Waals surface area contributed by atoms with Gasteiger partial charge < -0.3 is 15.8 Å². The Bertz CT molecular complexity index is 625. The molecule has 144 valence electrons. The highest BCUT2D eigenvalue weighted by molar-refractivity contribution is 6.31. The summed E-state index contributed by atoms with van der Waals surface area (Å²) in [6.07, 6.45) is 2.46. The standard InChI is InChI=1S/C19H27ClFN3O2/c1-12-11-24(7-8-26-12)17(18-15(20)3-2-4-16(18)21)10-23-19(25)13-5-6-14(22)9-13/h2-4,12-14,17H,5-11,22H2,1H3,(H,23,25)/t12-,13+,14-,17-/m1/s1. The lowest BCUT2D eigenvalue weighted by Gasteiger charge is -2.38. The van der Waals surface area contributed by atoms with E-state index >= 15 is 0 Å². The van der Waals surface area contributed by atoms with E-state index in [4.69, 9.17) is 22.1 Å². The van der Waals surface area contributed by atoms with Gasteiger partial charge in [-0.25, -0.2) is 4.39 Å². The number of amides is 1. The number of halogens is 2. The van der Waals surface area contributed by atoms with Gasteiger partial charge in [-0.05, 0) is 38.3 Å². The number of hydrogen-bond donors (Lipinski definition) is 2. The summed E-state index contributed by atoms with van der Waals surface area (Å²) in [5.74, 6) is -0.402. The molecule has 1 aliphatic carbocycles. The Morgan fingerprint density at radius 2 is 2.31 bits per heavy atom. The van der Waals surface area contributed by atoms with Gasteiger partial charge in [-0.3, -0.25) is 9.69 Å². The summed E-state index contributed by atoms with van der Waals surface area (Å²) in [4.78, 5) is 14.6. The maximum absolute atomic E-state index is 14.6. The molecular weight excluding hydrogens is 357 g/mol. The average molecular weight is 384 g/mol. The smallest absolute Gasteiger partial charge is 0.223 e. The quantitative estimate of drug-likeness (QED) is 0.819. The number of carbonyl (C=O) groups is 1. The fourth-order valence-corrected chi connectivity index (χ4v) is 4.26. The third kappa shape index (κ3) is 4.55. The van der Waals surface area contributed by atoms with E-state index in [0.29, 0.717) is 43.2 Å². The Kier molecular flexibility index (Phi) is 6.51. The zero-order valence-corrected chi connectivity index (χ0v) is 15.8. The van der Waals surface area contributed by atoms with Gasteiger partial charge >= 0.3 is 0 Å². The van der Waals surface area contributed by atoms with Crippen molar-refractivity contribution in [1.82, 2.24) is 10.2 Å². The molecule has 1 amide bonds. The lowest BCUT2D eigenvalue weighted by molar-refractivity contribution is -0.125. The molecule has 0 spiro atoms. The highest BCUT2D eigenvalue weighted by Gasteiger charge is 2.32. The van der Waals surface area contributed by atoms with E-state index in [1.165, 1.54) is 6.07 Å². The predicted octanol–water partition coefficient (Wildman–Crippen LogP) is 2.48. The van der Waals surface area contributed by atoms with Crippen molar-refractivity contribution in [3.8, 4) is 0 Å². The monoisotopic (exact) mass is 383 g/mol. The SMILES string of the molecule is C[C@@H]1CN([C@H](CNC(=O)[C@H]2CC[C@@H](N)C2)c2c(F)cccc2Cl)CCO1. The molecular formula is C19H27ClFN3O2. The minimum Gasteiger partial charge on any atom is -0.376 e. The van der Waals surface area contributed by atoms with Crippen LogP contribution < -0.4 is 11.1 Å². The lowest BCUT2D eigenvalue weighted by atomic mass is 10.0. The first kappa shape index (κ1) is 19.5. The van der Waals surface area contributed by atoms with Crippen molar-refractivity contribution in [1.29, 1.82) is 0 Å². The number of benzene rings is 1. The first-order chi connectivity index (χ1) is 12.5. The van der Waals surface area contributed by atoms with Crippen LogP contribution >= 0.6 is 11.6 Å². The van der Waals surface area contributed by atoms with Gasteiger partial charge in [0.1, 0.15) is 5.82 Å². The maximum Gasteiger partial charge on any atom is 0.223 e. The summed E-state index contributed by atoms with van der Waals surface area (Å²) in [5.41, 5.74) is 6.35.